The lowest BCUT2D eigenvalue weighted by Gasteiger charge is -2.19. The highest BCUT2D eigenvalue weighted by atomic mass is 16.5. The van der Waals surface area contributed by atoms with E-state index in [1.165, 1.54) is 18.1 Å². The maximum atomic E-state index is 11.3. The van der Waals surface area contributed by atoms with Crippen molar-refractivity contribution in [1.29, 1.82) is 0 Å². The first-order valence-corrected chi connectivity index (χ1v) is 9.17. The molecule has 0 aliphatic heterocycles. The van der Waals surface area contributed by atoms with Gasteiger partial charge in [0, 0.05) is 24.4 Å². The summed E-state index contributed by atoms with van der Waals surface area (Å²) in [5.74, 6) is 0.534. The van der Waals surface area contributed by atoms with Crippen LogP contribution in [0, 0.1) is 0 Å². The fourth-order valence-electron chi connectivity index (χ4n) is 3.21. The smallest absolute Gasteiger partial charge is 0.303 e. The Kier molecular flexibility index (Phi) is 5.26. The lowest BCUT2D eigenvalue weighted by molar-refractivity contribution is -0.142. The molecule has 0 amide bonds. The predicted octanol–water partition coefficient (Wildman–Crippen LogP) is 5.06. The van der Waals surface area contributed by atoms with Crippen molar-refractivity contribution in [3.05, 3.63) is 65.4 Å². The Labute approximate surface area is 160 Å². The van der Waals surface area contributed by atoms with Crippen molar-refractivity contribution in [1.82, 2.24) is 4.57 Å². The molecule has 0 fully saturated rings. The largest absolute Gasteiger partial charge is 0.497 e. The van der Waals surface area contributed by atoms with E-state index >= 15 is 0 Å². The van der Waals surface area contributed by atoms with Crippen LogP contribution in [0.15, 0.2) is 48.5 Å². The van der Waals surface area contributed by atoms with E-state index in [1.807, 2.05) is 12.1 Å². The highest BCUT2D eigenvalue weighted by Crippen LogP contribution is 2.27. The molecule has 4 nitrogen and oxygen atoms in total. The third-order valence-electron chi connectivity index (χ3n) is 4.78. The van der Waals surface area contributed by atoms with Gasteiger partial charge in [0.25, 0.3) is 0 Å². The third-order valence-corrected chi connectivity index (χ3v) is 4.78. The predicted molar refractivity (Wildman–Crippen MR) is 108 cm³/mol. The molecule has 4 heteroatoms. The Hall–Kier alpha value is -2.75. The van der Waals surface area contributed by atoms with Gasteiger partial charge in [-0.1, -0.05) is 45.0 Å². The van der Waals surface area contributed by atoms with E-state index in [2.05, 4.69) is 61.7 Å². The number of hydrogen-bond donors (Lipinski definition) is 0. The number of hydrogen-bond acceptors (Lipinski definition) is 3. The van der Waals surface area contributed by atoms with Gasteiger partial charge >= 0.3 is 5.97 Å². The first-order chi connectivity index (χ1) is 12.8. The molecular formula is C23H27NO3. The normalized spacial score (nSPS) is 11.6. The summed E-state index contributed by atoms with van der Waals surface area (Å²) in [4.78, 5) is 11.3. The number of nitrogens with zero attached hydrogens (tertiary/aromatic N) is 1. The molecule has 0 aliphatic carbocycles. The number of benzene rings is 2. The molecule has 1 heterocycles. The van der Waals surface area contributed by atoms with Crippen molar-refractivity contribution in [2.75, 3.05) is 7.11 Å². The van der Waals surface area contributed by atoms with Crippen molar-refractivity contribution >= 4 is 16.9 Å². The molecule has 0 saturated heterocycles. The van der Waals surface area contributed by atoms with E-state index in [-0.39, 0.29) is 18.0 Å². The monoisotopic (exact) mass is 365 g/mol. The fourth-order valence-corrected chi connectivity index (χ4v) is 3.21. The van der Waals surface area contributed by atoms with Crippen LogP contribution >= 0.6 is 0 Å². The average molecular weight is 365 g/mol. The Balaban J connectivity index is 1.97. The van der Waals surface area contributed by atoms with Gasteiger partial charge in [0.1, 0.15) is 12.4 Å². The van der Waals surface area contributed by atoms with Crippen LogP contribution in [0.1, 0.15) is 44.5 Å². The molecule has 0 bridgehead atoms. The van der Waals surface area contributed by atoms with E-state index in [1.54, 1.807) is 7.11 Å². The SMILES string of the molecule is COc1ccc2c(c1)cc(COC(C)=O)n2Cc1ccc(C(C)(C)C)cc1. The van der Waals surface area contributed by atoms with Crippen LogP contribution in [0.5, 0.6) is 5.75 Å². The molecule has 27 heavy (non-hydrogen) atoms. The topological polar surface area (TPSA) is 40.5 Å². The summed E-state index contributed by atoms with van der Waals surface area (Å²) in [6.45, 7) is 9.05. The minimum atomic E-state index is -0.279. The van der Waals surface area contributed by atoms with E-state index in [9.17, 15) is 4.79 Å². The van der Waals surface area contributed by atoms with Crippen molar-refractivity contribution in [2.24, 2.45) is 0 Å². The van der Waals surface area contributed by atoms with Crippen LogP contribution in [-0.2, 0) is 28.1 Å². The quantitative estimate of drug-likeness (QED) is 0.594. The van der Waals surface area contributed by atoms with Gasteiger partial charge in [-0.25, -0.2) is 0 Å². The second-order valence-electron chi connectivity index (χ2n) is 7.87. The van der Waals surface area contributed by atoms with Crippen LogP contribution < -0.4 is 4.74 Å². The van der Waals surface area contributed by atoms with Gasteiger partial charge in [-0.2, -0.15) is 0 Å². The molecular weight excluding hydrogens is 338 g/mol. The van der Waals surface area contributed by atoms with Crippen molar-refractivity contribution in [3.8, 4) is 5.75 Å². The van der Waals surface area contributed by atoms with E-state index in [0.29, 0.717) is 0 Å². The fraction of sp³-hybridized carbons (Fsp3) is 0.348. The average Bonchev–Trinajstić information content (AvgIpc) is 2.96. The first kappa shape index (κ1) is 19.0. The highest BCUT2D eigenvalue weighted by molar-refractivity contribution is 5.83. The number of aromatic nitrogens is 1. The Morgan fingerprint density at radius 1 is 1.04 bits per heavy atom. The highest BCUT2D eigenvalue weighted by Gasteiger charge is 2.14. The number of carbonyl (C=O) groups excluding carboxylic acids is 1. The maximum absolute atomic E-state index is 11.3. The maximum Gasteiger partial charge on any atom is 0.303 e. The van der Waals surface area contributed by atoms with E-state index in [4.69, 9.17) is 9.47 Å². The van der Waals surface area contributed by atoms with Gasteiger partial charge in [-0.3, -0.25) is 4.79 Å². The molecule has 2 aromatic carbocycles. The standard InChI is InChI=1S/C23H27NO3/c1-16(25)27-15-20-12-18-13-21(26-5)10-11-22(18)24(20)14-17-6-8-19(9-7-17)23(2,3)4/h6-13H,14-15H2,1-5H3. The molecule has 0 spiro atoms. The summed E-state index contributed by atoms with van der Waals surface area (Å²) in [5.41, 5.74) is 4.72. The summed E-state index contributed by atoms with van der Waals surface area (Å²) < 4.78 is 12.8. The molecule has 0 saturated carbocycles. The minimum absolute atomic E-state index is 0.135. The molecule has 1 aromatic heterocycles. The summed E-state index contributed by atoms with van der Waals surface area (Å²) in [5, 5.41) is 1.07. The minimum Gasteiger partial charge on any atom is -0.497 e. The molecule has 0 radical (unpaired) electrons. The summed E-state index contributed by atoms with van der Waals surface area (Å²) in [7, 11) is 1.66. The number of esters is 1. The van der Waals surface area contributed by atoms with Gasteiger partial charge < -0.3 is 14.0 Å². The van der Waals surface area contributed by atoms with Crippen molar-refractivity contribution in [2.45, 2.75) is 46.3 Å². The van der Waals surface area contributed by atoms with E-state index in [0.717, 1.165) is 28.9 Å². The van der Waals surface area contributed by atoms with Gasteiger partial charge in [0.15, 0.2) is 0 Å². The van der Waals surface area contributed by atoms with Crippen LogP contribution in [0.4, 0.5) is 0 Å². The molecule has 3 rings (SSSR count). The number of carbonyl (C=O) groups is 1. The second-order valence-corrected chi connectivity index (χ2v) is 7.87. The summed E-state index contributed by atoms with van der Waals surface area (Å²) in [6.07, 6.45) is 0. The number of ether oxygens (including phenoxy) is 2. The first-order valence-electron chi connectivity index (χ1n) is 9.17. The number of methoxy groups -OCH3 is 1. The number of fused-ring (bicyclic) bond motifs is 1. The van der Waals surface area contributed by atoms with Crippen LogP contribution in [-0.4, -0.2) is 17.6 Å². The third kappa shape index (κ3) is 4.33. The zero-order valence-electron chi connectivity index (χ0n) is 16.7. The Bertz CT molecular complexity index is 946. The summed E-state index contributed by atoms with van der Waals surface area (Å²) in [6, 6.07) is 16.8. The zero-order chi connectivity index (χ0) is 19.6. The lowest BCUT2D eigenvalue weighted by Crippen LogP contribution is -2.11. The second kappa shape index (κ2) is 7.47. The van der Waals surface area contributed by atoms with Gasteiger partial charge in [-0.15, -0.1) is 0 Å². The van der Waals surface area contributed by atoms with Gasteiger partial charge in [0.05, 0.1) is 12.8 Å². The summed E-state index contributed by atoms with van der Waals surface area (Å²) >= 11 is 0. The van der Waals surface area contributed by atoms with Crippen LogP contribution in [0.3, 0.4) is 0 Å². The van der Waals surface area contributed by atoms with Crippen LogP contribution in [0.2, 0.25) is 0 Å². The molecule has 0 atom stereocenters. The van der Waals surface area contributed by atoms with Gasteiger partial charge in [0.2, 0.25) is 0 Å². The van der Waals surface area contributed by atoms with E-state index < -0.39 is 0 Å². The molecule has 0 aliphatic rings. The Morgan fingerprint density at radius 3 is 2.33 bits per heavy atom. The van der Waals surface area contributed by atoms with Gasteiger partial charge in [-0.05, 0) is 40.8 Å². The molecule has 0 N–H and O–H groups in total. The van der Waals surface area contributed by atoms with Crippen molar-refractivity contribution in [3.63, 3.8) is 0 Å². The molecule has 3 aromatic rings. The lowest BCUT2D eigenvalue weighted by atomic mass is 9.87. The molecule has 0 unspecified atom stereocenters. The Morgan fingerprint density at radius 2 is 1.74 bits per heavy atom. The molecule has 142 valence electrons. The van der Waals surface area contributed by atoms with Crippen molar-refractivity contribution < 1.29 is 14.3 Å². The number of rotatable bonds is 5. The van der Waals surface area contributed by atoms with Crippen LogP contribution in [0.25, 0.3) is 10.9 Å². The zero-order valence-corrected chi connectivity index (χ0v) is 16.7.